The Kier molecular flexibility index (Phi) is 6.55. The Hall–Kier alpha value is -3.06. The van der Waals surface area contributed by atoms with E-state index in [0.717, 1.165) is 6.07 Å². The molecule has 2 N–H and O–H groups in total. The Bertz CT molecular complexity index is 1080. The van der Waals surface area contributed by atoms with Gasteiger partial charge in [0.1, 0.15) is 5.69 Å². The van der Waals surface area contributed by atoms with Gasteiger partial charge in [-0.25, -0.2) is 13.1 Å². The van der Waals surface area contributed by atoms with Crippen molar-refractivity contribution in [3.8, 4) is 11.5 Å². The van der Waals surface area contributed by atoms with Crippen LogP contribution >= 0.6 is 0 Å². The van der Waals surface area contributed by atoms with Crippen molar-refractivity contribution in [2.75, 3.05) is 31.6 Å². The van der Waals surface area contributed by atoms with Crippen LogP contribution in [0, 0.1) is 10.1 Å². The van der Waals surface area contributed by atoms with E-state index in [4.69, 9.17) is 9.47 Å². The Morgan fingerprint density at radius 1 is 1.03 bits per heavy atom. The van der Waals surface area contributed by atoms with Gasteiger partial charge in [0, 0.05) is 31.6 Å². The fraction of sp³-hybridized carbons (Fsp3) is 0.333. The molecule has 2 aromatic carbocycles. The third-order valence-corrected chi connectivity index (χ3v) is 5.74. The average Bonchev–Trinajstić information content (AvgIpc) is 2.95. The van der Waals surface area contributed by atoms with E-state index in [2.05, 4.69) is 10.0 Å². The van der Waals surface area contributed by atoms with E-state index in [9.17, 15) is 31.7 Å². The summed E-state index contributed by atoms with van der Waals surface area (Å²) in [6.45, 7) is 0.573. The number of halogens is 3. The van der Waals surface area contributed by atoms with Crippen LogP contribution in [0.25, 0.3) is 0 Å². The highest BCUT2D eigenvalue weighted by Gasteiger charge is 2.33. The third-order valence-electron chi connectivity index (χ3n) is 4.28. The van der Waals surface area contributed by atoms with Gasteiger partial charge in [-0.1, -0.05) is 0 Å². The lowest BCUT2D eigenvalue weighted by Gasteiger charge is -2.12. The largest absolute Gasteiger partial charge is 0.490 e. The Morgan fingerprint density at radius 3 is 2.42 bits per heavy atom. The number of benzene rings is 2. The second-order valence-electron chi connectivity index (χ2n) is 6.47. The first kappa shape index (κ1) is 22.6. The molecule has 1 aliphatic heterocycles. The van der Waals surface area contributed by atoms with Crippen LogP contribution in [0.1, 0.15) is 12.0 Å². The summed E-state index contributed by atoms with van der Waals surface area (Å²) in [5, 5.41) is 13.7. The minimum atomic E-state index is -4.72. The van der Waals surface area contributed by atoms with Gasteiger partial charge in [-0.3, -0.25) is 10.1 Å². The molecule has 31 heavy (non-hydrogen) atoms. The number of nitrogens with one attached hydrogen (secondary N) is 2. The van der Waals surface area contributed by atoms with Crippen LogP contribution in [-0.2, 0) is 16.2 Å². The summed E-state index contributed by atoms with van der Waals surface area (Å²) in [4.78, 5) is 10.1. The molecule has 0 atom stereocenters. The zero-order chi connectivity index (χ0) is 22.6. The van der Waals surface area contributed by atoms with Gasteiger partial charge in [-0.05, 0) is 24.3 Å². The Labute approximate surface area is 175 Å². The smallest absolute Gasteiger partial charge is 0.416 e. The quantitative estimate of drug-likeness (QED) is 0.369. The van der Waals surface area contributed by atoms with Crippen LogP contribution in [0.2, 0.25) is 0 Å². The molecule has 0 fully saturated rings. The van der Waals surface area contributed by atoms with E-state index in [1.807, 2.05) is 0 Å². The van der Waals surface area contributed by atoms with Crippen molar-refractivity contribution in [1.82, 2.24) is 4.72 Å². The highest BCUT2D eigenvalue weighted by Crippen LogP contribution is 2.35. The summed E-state index contributed by atoms with van der Waals surface area (Å²) in [6.07, 6.45) is -4.06. The van der Waals surface area contributed by atoms with Crippen molar-refractivity contribution in [3.63, 3.8) is 0 Å². The second kappa shape index (κ2) is 8.98. The number of nitrogens with zero attached hydrogens (tertiary/aromatic N) is 1. The molecule has 13 heteroatoms. The summed E-state index contributed by atoms with van der Waals surface area (Å²) < 4.78 is 76.4. The van der Waals surface area contributed by atoms with E-state index in [0.29, 0.717) is 43.3 Å². The molecule has 1 heterocycles. The molecule has 0 aliphatic carbocycles. The summed E-state index contributed by atoms with van der Waals surface area (Å²) >= 11 is 0. The molecular weight excluding hydrogens is 443 g/mol. The summed E-state index contributed by atoms with van der Waals surface area (Å²) in [5.41, 5.74) is -2.08. The van der Waals surface area contributed by atoms with E-state index < -0.39 is 32.4 Å². The van der Waals surface area contributed by atoms with Crippen LogP contribution in [0.4, 0.5) is 24.5 Å². The molecule has 9 nitrogen and oxygen atoms in total. The molecule has 0 bridgehead atoms. The third kappa shape index (κ3) is 5.55. The lowest BCUT2D eigenvalue weighted by molar-refractivity contribution is -0.384. The van der Waals surface area contributed by atoms with Crippen molar-refractivity contribution in [2.45, 2.75) is 17.5 Å². The number of alkyl halides is 3. The molecule has 1 aliphatic rings. The lowest BCUT2D eigenvalue weighted by Crippen LogP contribution is -2.29. The summed E-state index contributed by atoms with van der Waals surface area (Å²) in [6, 6.07) is 6.22. The van der Waals surface area contributed by atoms with Gasteiger partial charge in [0.05, 0.1) is 28.6 Å². The van der Waals surface area contributed by atoms with Crippen molar-refractivity contribution in [2.24, 2.45) is 0 Å². The second-order valence-corrected chi connectivity index (χ2v) is 8.24. The summed E-state index contributed by atoms with van der Waals surface area (Å²) in [5.74, 6) is 0.742. The summed E-state index contributed by atoms with van der Waals surface area (Å²) in [7, 11) is -3.92. The predicted octanol–water partition coefficient (Wildman–Crippen LogP) is 3.17. The Balaban J connectivity index is 1.64. The first-order valence-corrected chi connectivity index (χ1v) is 10.5. The topological polar surface area (TPSA) is 120 Å². The number of hydrogen-bond donors (Lipinski definition) is 2. The van der Waals surface area contributed by atoms with Crippen molar-refractivity contribution < 1.29 is 36.0 Å². The maximum atomic E-state index is 12.8. The van der Waals surface area contributed by atoms with E-state index in [1.165, 1.54) is 18.2 Å². The van der Waals surface area contributed by atoms with Crippen LogP contribution in [0.15, 0.2) is 41.3 Å². The highest BCUT2D eigenvalue weighted by atomic mass is 32.2. The van der Waals surface area contributed by atoms with Gasteiger partial charge >= 0.3 is 6.18 Å². The van der Waals surface area contributed by atoms with Gasteiger partial charge in [0.15, 0.2) is 11.5 Å². The normalized spacial score (nSPS) is 14.0. The molecule has 0 saturated heterocycles. The fourth-order valence-electron chi connectivity index (χ4n) is 2.79. The molecule has 0 saturated carbocycles. The van der Waals surface area contributed by atoms with Crippen molar-refractivity contribution >= 4 is 21.4 Å². The number of fused-ring (bicyclic) bond motifs is 1. The molecule has 0 amide bonds. The van der Waals surface area contributed by atoms with Gasteiger partial charge in [-0.15, -0.1) is 0 Å². The molecular formula is C18H18F3N3O6S. The fourth-order valence-corrected chi connectivity index (χ4v) is 3.83. The van der Waals surface area contributed by atoms with Crippen LogP contribution in [0.5, 0.6) is 11.5 Å². The van der Waals surface area contributed by atoms with Crippen LogP contribution < -0.4 is 19.5 Å². The Morgan fingerprint density at radius 2 is 1.74 bits per heavy atom. The lowest BCUT2D eigenvalue weighted by atomic mass is 10.1. The number of hydrogen-bond acceptors (Lipinski definition) is 7. The van der Waals surface area contributed by atoms with E-state index in [1.54, 1.807) is 0 Å². The molecule has 0 aromatic heterocycles. The maximum Gasteiger partial charge on any atom is 0.416 e. The zero-order valence-electron chi connectivity index (χ0n) is 15.9. The highest BCUT2D eigenvalue weighted by molar-refractivity contribution is 7.89. The first-order chi connectivity index (χ1) is 14.6. The molecule has 0 unspecified atom stereocenters. The molecule has 168 valence electrons. The van der Waals surface area contributed by atoms with Gasteiger partial charge in [0.25, 0.3) is 5.69 Å². The standard InChI is InChI=1S/C18H18F3N3O6S/c19-18(20,21)12-2-4-14(15(10-12)24(25)26)22-6-7-23-31(27,28)13-3-5-16-17(11-13)30-9-1-8-29-16/h2-5,10-11,22-23H,1,6-9H2. The number of nitro benzene ring substituents is 1. The van der Waals surface area contributed by atoms with Crippen LogP contribution in [-0.4, -0.2) is 39.6 Å². The molecule has 2 aromatic rings. The van der Waals surface area contributed by atoms with Crippen molar-refractivity contribution in [3.05, 3.63) is 52.1 Å². The number of anilines is 1. The number of ether oxygens (including phenoxy) is 2. The van der Waals surface area contributed by atoms with Gasteiger partial charge in [-0.2, -0.15) is 13.2 Å². The van der Waals surface area contributed by atoms with Gasteiger partial charge < -0.3 is 14.8 Å². The van der Waals surface area contributed by atoms with Gasteiger partial charge in [0.2, 0.25) is 10.0 Å². The molecule has 0 spiro atoms. The monoisotopic (exact) mass is 461 g/mol. The number of nitro groups is 1. The minimum Gasteiger partial charge on any atom is -0.490 e. The number of sulfonamides is 1. The maximum absolute atomic E-state index is 12.8. The molecule has 3 rings (SSSR count). The first-order valence-electron chi connectivity index (χ1n) is 9.07. The SMILES string of the molecule is O=[N+]([O-])c1cc(C(F)(F)F)ccc1NCCNS(=O)(=O)c1ccc2c(c1)OCCCO2. The number of rotatable bonds is 7. The zero-order valence-corrected chi connectivity index (χ0v) is 16.8. The van der Waals surface area contributed by atoms with Crippen LogP contribution in [0.3, 0.4) is 0 Å². The minimum absolute atomic E-state index is 0.0581. The average molecular weight is 461 g/mol. The van der Waals surface area contributed by atoms with E-state index >= 15 is 0 Å². The predicted molar refractivity (Wildman–Crippen MR) is 104 cm³/mol. The van der Waals surface area contributed by atoms with Crippen molar-refractivity contribution in [1.29, 1.82) is 0 Å². The van der Waals surface area contributed by atoms with E-state index in [-0.39, 0.29) is 23.7 Å². The molecule has 0 radical (unpaired) electrons.